The number of hydrogen-bond acceptors (Lipinski definition) is 6. The number of benzene rings is 1. The molecule has 1 aromatic rings. The van der Waals surface area contributed by atoms with Crippen LogP contribution in [-0.4, -0.2) is 24.2 Å². The molecule has 0 aliphatic carbocycles. The summed E-state index contributed by atoms with van der Waals surface area (Å²) >= 11 is 0. The zero-order chi connectivity index (χ0) is 13.4. The van der Waals surface area contributed by atoms with Gasteiger partial charge < -0.3 is 15.2 Å². The van der Waals surface area contributed by atoms with Gasteiger partial charge in [0.25, 0.3) is 0 Å². The van der Waals surface area contributed by atoms with Crippen LogP contribution in [0.25, 0.3) is 0 Å². The highest BCUT2D eigenvalue weighted by molar-refractivity contribution is 5.70. The molecule has 0 aliphatic rings. The monoisotopic (exact) mass is 252 g/mol. The van der Waals surface area contributed by atoms with E-state index in [0.717, 1.165) is 0 Å². The van der Waals surface area contributed by atoms with Crippen LogP contribution in [0.1, 0.15) is 19.8 Å². The Hall–Kier alpha value is -2.11. The van der Waals surface area contributed by atoms with Crippen LogP contribution in [0.4, 0.5) is 11.4 Å². The Morgan fingerprint density at radius 2 is 2.28 bits per heavy atom. The molecule has 0 atom stereocenters. The van der Waals surface area contributed by atoms with Crippen LogP contribution in [0, 0.1) is 4.91 Å². The quantitative estimate of drug-likeness (QED) is 0.442. The number of esters is 1. The second-order valence-electron chi connectivity index (χ2n) is 3.63. The fourth-order valence-corrected chi connectivity index (χ4v) is 1.43. The first kappa shape index (κ1) is 14.0. The van der Waals surface area contributed by atoms with Crippen LogP contribution in [-0.2, 0) is 9.53 Å². The van der Waals surface area contributed by atoms with Crippen molar-refractivity contribution in [2.24, 2.45) is 5.18 Å². The summed E-state index contributed by atoms with van der Waals surface area (Å²) in [5, 5.41) is 15.1. The standard InChI is InChI=1S/C12H16N2O4/c1-2-18-12(16)4-3-7-13-11-8-9(15)5-6-10(11)14-17/h5-6,8,13,15H,2-4,7H2,1H3. The molecule has 0 saturated carbocycles. The molecule has 0 radical (unpaired) electrons. The van der Waals surface area contributed by atoms with Gasteiger partial charge in [0.2, 0.25) is 0 Å². The van der Waals surface area contributed by atoms with Gasteiger partial charge in [0, 0.05) is 19.0 Å². The van der Waals surface area contributed by atoms with E-state index in [-0.39, 0.29) is 17.4 Å². The number of hydrogen-bond donors (Lipinski definition) is 2. The van der Waals surface area contributed by atoms with Crippen LogP contribution >= 0.6 is 0 Å². The van der Waals surface area contributed by atoms with Gasteiger partial charge in [0.1, 0.15) is 11.4 Å². The number of phenolic OH excluding ortho intramolecular Hbond substituents is 1. The number of anilines is 1. The number of aromatic hydroxyl groups is 1. The van der Waals surface area contributed by atoms with Gasteiger partial charge in [0.15, 0.2) is 0 Å². The highest BCUT2D eigenvalue weighted by Gasteiger charge is 2.05. The molecule has 1 aromatic carbocycles. The first-order valence-electron chi connectivity index (χ1n) is 5.73. The number of rotatable bonds is 7. The Kier molecular flexibility index (Phi) is 5.63. The summed E-state index contributed by atoms with van der Waals surface area (Å²) in [7, 11) is 0. The van der Waals surface area contributed by atoms with Gasteiger partial charge in [-0.1, -0.05) is 0 Å². The molecule has 0 aromatic heterocycles. The minimum Gasteiger partial charge on any atom is -0.508 e. The lowest BCUT2D eigenvalue weighted by molar-refractivity contribution is -0.143. The minimum atomic E-state index is -0.246. The first-order chi connectivity index (χ1) is 8.67. The van der Waals surface area contributed by atoms with E-state index in [1.807, 2.05) is 0 Å². The molecule has 0 heterocycles. The number of nitrogens with zero attached hydrogens (tertiary/aromatic N) is 1. The third kappa shape index (κ3) is 4.40. The van der Waals surface area contributed by atoms with Crippen molar-refractivity contribution in [1.82, 2.24) is 0 Å². The van der Waals surface area contributed by atoms with E-state index in [4.69, 9.17) is 4.74 Å². The Morgan fingerprint density at radius 3 is 2.94 bits per heavy atom. The smallest absolute Gasteiger partial charge is 0.305 e. The van der Waals surface area contributed by atoms with Crippen molar-refractivity contribution >= 4 is 17.3 Å². The normalized spacial score (nSPS) is 9.83. The molecule has 0 bridgehead atoms. The Labute approximate surface area is 105 Å². The van der Waals surface area contributed by atoms with Crippen molar-refractivity contribution in [2.75, 3.05) is 18.5 Å². The van der Waals surface area contributed by atoms with Gasteiger partial charge >= 0.3 is 5.97 Å². The van der Waals surface area contributed by atoms with E-state index in [1.54, 1.807) is 6.92 Å². The molecule has 6 nitrogen and oxygen atoms in total. The zero-order valence-electron chi connectivity index (χ0n) is 10.2. The van der Waals surface area contributed by atoms with Crippen LogP contribution < -0.4 is 5.32 Å². The number of phenols is 1. The molecule has 2 N–H and O–H groups in total. The van der Waals surface area contributed by atoms with E-state index in [0.29, 0.717) is 31.7 Å². The average Bonchev–Trinajstić information content (AvgIpc) is 2.35. The lowest BCUT2D eigenvalue weighted by Crippen LogP contribution is -2.08. The van der Waals surface area contributed by atoms with Crippen molar-refractivity contribution in [3.05, 3.63) is 23.1 Å². The van der Waals surface area contributed by atoms with Crippen LogP contribution in [0.2, 0.25) is 0 Å². The van der Waals surface area contributed by atoms with Crippen LogP contribution in [0.3, 0.4) is 0 Å². The Morgan fingerprint density at radius 1 is 1.50 bits per heavy atom. The lowest BCUT2D eigenvalue weighted by atomic mass is 10.2. The van der Waals surface area contributed by atoms with Crippen molar-refractivity contribution < 1.29 is 14.6 Å². The highest BCUT2D eigenvalue weighted by atomic mass is 16.5. The fraction of sp³-hybridized carbons (Fsp3) is 0.417. The van der Waals surface area contributed by atoms with E-state index < -0.39 is 0 Å². The van der Waals surface area contributed by atoms with Crippen LogP contribution in [0.15, 0.2) is 23.4 Å². The minimum absolute atomic E-state index is 0.0512. The molecular weight excluding hydrogens is 236 g/mol. The van der Waals surface area contributed by atoms with Gasteiger partial charge in [0.05, 0.1) is 12.3 Å². The van der Waals surface area contributed by atoms with E-state index >= 15 is 0 Å². The molecule has 6 heteroatoms. The first-order valence-corrected chi connectivity index (χ1v) is 5.73. The second-order valence-corrected chi connectivity index (χ2v) is 3.63. The maximum atomic E-state index is 11.1. The maximum absolute atomic E-state index is 11.1. The molecule has 0 spiro atoms. The summed E-state index contributed by atoms with van der Waals surface area (Å²) in [6, 6.07) is 4.23. The molecular formula is C12H16N2O4. The maximum Gasteiger partial charge on any atom is 0.305 e. The number of nitroso groups, excluding NO2 is 1. The summed E-state index contributed by atoms with van der Waals surface area (Å²) in [5.74, 6) is -0.195. The largest absolute Gasteiger partial charge is 0.508 e. The van der Waals surface area contributed by atoms with Gasteiger partial charge in [-0.15, -0.1) is 4.91 Å². The number of carbonyl (C=O) groups excluding carboxylic acids is 1. The van der Waals surface area contributed by atoms with E-state index in [2.05, 4.69) is 10.5 Å². The fourth-order valence-electron chi connectivity index (χ4n) is 1.43. The third-order valence-electron chi connectivity index (χ3n) is 2.26. The summed E-state index contributed by atoms with van der Waals surface area (Å²) in [5.41, 5.74) is 0.679. The van der Waals surface area contributed by atoms with Gasteiger partial charge in [-0.05, 0) is 30.7 Å². The van der Waals surface area contributed by atoms with Gasteiger partial charge in [-0.3, -0.25) is 4.79 Å². The second kappa shape index (κ2) is 7.26. The summed E-state index contributed by atoms with van der Waals surface area (Å²) < 4.78 is 4.78. The van der Waals surface area contributed by atoms with Gasteiger partial charge in [-0.2, -0.15) is 0 Å². The Balaban J connectivity index is 2.41. The summed E-state index contributed by atoms with van der Waals surface area (Å²) in [6.07, 6.45) is 0.885. The molecule has 0 fully saturated rings. The lowest BCUT2D eigenvalue weighted by Gasteiger charge is -2.08. The number of carbonyl (C=O) groups is 1. The molecule has 0 saturated heterocycles. The third-order valence-corrected chi connectivity index (χ3v) is 2.26. The van der Waals surface area contributed by atoms with Crippen molar-refractivity contribution in [2.45, 2.75) is 19.8 Å². The van der Waals surface area contributed by atoms with E-state index in [9.17, 15) is 14.8 Å². The number of nitrogens with one attached hydrogen (secondary N) is 1. The molecule has 18 heavy (non-hydrogen) atoms. The zero-order valence-corrected chi connectivity index (χ0v) is 10.2. The summed E-state index contributed by atoms with van der Waals surface area (Å²) in [6.45, 7) is 2.62. The van der Waals surface area contributed by atoms with Crippen LogP contribution in [0.5, 0.6) is 5.75 Å². The molecule has 0 aliphatic heterocycles. The van der Waals surface area contributed by atoms with Crippen molar-refractivity contribution in [1.29, 1.82) is 0 Å². The highest BCUT2D eigenvalue weighted by Crippen LogP contribution is 2.28. The van der Waals surface area contributed by atoms with E-state index in [1.165, 1.54) is 18.2 Å². The predicted molar refractivity (Wildman–Crippen MR) is 67.9 cm³/mol. The summed E-state index contributed by atoms with van der Waals surface area (Å²) in [4.78, 5) is 21.6. The molecule has 0 unspecified atom stereocenters. The molecule has 0 amide bonds. The van der Waals surface area contributed by atoms with Gasteiger partial charge in [-0.25, -0.2) is 0 Å². The number of ether oxygens (including phenoxy) is 1. The topological polar surface area (TPSA) is 88.0 Å². The van der Waals surface area contributed by atoms with Crippen molar-refractivity contribution in [3.63, 3.8) is 0 Å². The average molecular weight is 252 g/mol. The van der Waals surface area contributed by atoms with Crippen molar-refractivity contribution in [3.8, 4) is 5.75 Å². The Bertz CT molecular complexity index is 421. The SMILES string of the molecule is CCOC(=O)CCCNc1cc(O)ccc1N=O. The molecule has 98 valence electrons. The molecule has 1 rings (SSSR count). The predicted octanol–water partition coefficient (Wildman–Crippen LogP) is 2.55.